The van der Waals surface area contributed by atoms with Gasteiger partial charge in [0.2, 0.25) is 5.91 Å². The van der Waals surface area contributed by atoms with Crippen LogP contribution in [0.4, 0.5) is 5.69 Å². The van der Waals surface area contributed by atoms with Crippen LogP contribution in [0, 0.1) is 6.92 Å². The van der Waals surface area contributed by atoms with Crippen molar-refractivity contribution in [1.82, 2.24) is 5.32 Å². The van der Waals surface area contributed by atoms with Gasteiger partial charge in [-0.2, -0.15) is 0 Å². The summed E-state index contributed by atoms with van der Waals surface area (Å²) in [5.41, 5.74) is 1.89. The molecule has 2 unspecified atom stereocenters. The van der Waals surface area contributed by atoms with E-state index < -0.39 is 0 Å². The molecule has 2 rings (SSSR count). The highest BCUT2D eigenvalue weighted by atomic mass is 16.5. The second-order valence-electron chi connectivity index (χ2n) is 5.86. The van der Waals surface area contributed by atoms with Gasteiger partial charge in [-0.15, -0.1) is 0 Å². The first kappa shape index (κ1) is 15.0. The molecule has 1 heterocycles. The molecule has 1 fully saturated rings. The Morgan fingerprint density at radius 2 is 2.10 bits per heavy atom. The minimum absolute atomic E-state index is 0.0181. The molecule has 20 heavy (non-hydrogen) atoms. The normalized spacial score (nSPS) is 23.6. The molecule has 110 valence electrons. The van der Waals surface area contributed by atoms with Crippen LogP contribution in [0.2, 0.25) is 0 Å². The molecule has 0 radical (unpaired) electrons. The maximum atomic E-state index is 12.1. The molecule has 0 saturated carbocycles. The van der Waals surface area contributed by atoms with Crippen LogP contribution in [-0.2, 0) is 9.53 Å². The summed E-state index contributed by atoms with van der Waals surface area (Å²) in [4.78, 5) is 12.1. The summed E-state index contributed by atoms with van der Waals surface area (Å²) in [6.07, 6.45) is 2.15. The van der Waals surface area contributed by atoms with Crippen molar-refractivity contribution in [3.63, 3.8) is 0 Å². The fourth-order valence-corrected chi connectivity index (χ4v) is 2.33. The molecule has 4 heteroatoms. The molecule has 0 spiro atoms. The van der Waals surface area contributed by atoms with Gasteiger partial charge in [-0.05, 0) is 45.7 Å². The molecule has 1 aliphatic heterocycles. The molecular weight excluding hydrogens is 252 g/mol. The Balaban J connectivity index is 1.81. The molecule has 0 bridgehead atoms. The smallest absolute Gasteiger partial charge is 0.241 e. The third-order valence-electron chi connectivity index (χ3n) is 3.80. The topological polar surface area (TPSA) is 50.4 Å². The van der Waals surface area contributed by atoms with Gasteiger partial charge in [0.1, 0.15) is 0 Å². The van der Waals surface area contributed by atoms with E-state index in [1.807, 2.05) is 38.1 Å². The zero-order valence-electron chi connectivity index (χ0n) is 12.5. The Kier molecular flexibility index (Phi) is 4.78. The Morgan fingerprint density at radius 1 is 1.40 bits per heavy atom. The predicted octanol–water partition coefficient (Wildman–Crippen LogP) is 2.48. The highest BCUT2D eigenvalue weighted by molar-refractivity contribution is 5.94. The fourth-order valence-electron chi connectivity index (χ4n) is 2.33. The van der Waals surface area contributed by atoms with Crippen molar-refractivity contribution in [1.29, 1.82) is 0 Å². The minimum atomic E-state index is -0.239. The summed E-state index contributed by atoms with van der Waals surface area (Å²) >= 11 is 0. The summed E-state index contributed by atoms with van der Waals surface area (Å²) in [5, 5.41) is 6.17. The standard InChI is InChI=1S/C16H24N2O2/c1-12-5-7-14(8-6-12)18-15(19)13(2)17-11-16(3)9-4-10-20-16/h5-8,13,17H,4,9-11H2,1-3H3,(H,18,19). The first-order valence-electron chi connectivity index (χ1n) is 7.23. The van der Waals surface area contributed by atoms with Gasteiger partial charge < -0.3 is 15.4 Å². The van der Waals surface area contributed by atoms with E-state index >= 15 is 0 Å². The molecule has 2 atom stereocenters. The fraction of sp³-hybridized carbons (Fsp3) is 0.562. The van der Waals surface area contributed by atoms with Crippen LogP contribution in [0.15, 0.2) is 24.3 Å². The highest BCUT2D eigenvalue weighted by Crippen LogP contribution is 2.24. The number of carbonyl (C=O) groups is 1. The SMILES string of the molecule is Cc1ccc(NC(=O)C(C)NCC2(C)CCCO2)cc1. The first-order valence-corrected chi connectivity index (χ1v) is 7.23. The van der Waals surface area contributed by atoms with Gasteiger partial charge >= 0.3 is 0 Å². The lowest BCUT2D eigenvalue weighted by molar-refractivity contribution is -0.118. The zero-order valence-corrected chi connectivity index (χ0v) is 12.5. The van der Waals surface area contributed by atoms with Crippen LogP contribution in [-0.4, -0.2) is 30.7 Å². The van der Waals surface area contributed by atoms with Crippen molar-refractivity contribution >= 4 is 11.6 Å². The molecule has 1 aromatic rings. The lowest BCUT2D eigenvalue weighted by atomic mass is 10.0. The van der Waals surface area contributed by atoms with Gasteiger partial charge in [0.05, 0.1) is 11.6 Å². The molecule has 0 aromatic heterocycles. The number of carbonyl (C=O) groups excluding carboxylic acids is 1. The van der Waals surface area contributed by atoms with Crippen molar-refractivity contribution < 1.29 is 9.53 Å². The number of hydrogen-bond donors (Lipinski definition) is 2. The summed E-state index contributed by atoms with van der Waals surface area (Å²) in [7, 11) is 0. The third kappa shape index (κ3) is 4.05. The van der Waals surface area contributed by atoms with Crippen LogP contribution in [0.25, 0.3) is 0 Å². The van der Waals surface area contributed by atoms with Crippen LogP contribution < -0.4 is 10.6 Å². The first-order chi connectivity index (χ1) is 9.48. The van der Waals surface area contributed by atoms with Crippen molar-refractivity contribution in [3.8, 4) is 0 Å². The Labute approximate surface area is 120 Å². The monoisotopic (exact) mass is 276 g/mol. The zero-order chi connectivity index (χ0) is 14.6. The van der Waals surface area contributed by atoms with E-state index in [9.17, 15) is 4.79 Å². The van der Waals surface area contributed by atoms with Crippen molar-refractivity contribution in [2.45, 2.75) is 45.3 Å². The average Bonchev–Trinajstić information content (AvgIpc) is 2.86. The number of ether oxygens (including phenoxy) is 1. The van der Waals surface area contributed by atoms with E-state index in [-0.39, 0.29) is 17.6 Å². The second-order valence-corrected chi connectivity index (χ2v) is 5.86. The van der Waals surface area contributed by atoms with Gasteiger partial charge in [-0.1, -0.05) is 17.7 Å². The second kappa shape index (κ2) is 6.37. The number of aryl methyl sites for hydroxylation is 1. The van der Waals surface area contributed by atoms with E-state index in [4.69, 9.17) is 4.74 Å². The van der Waals surface area contributed by atoms with Crippen molar-refractivity contribution in [2.24, 2.45) is 0 Å². The van der Waals surface area contributed by atoms with E-state index in [0.717, 1.165) is 25.1 Å². The molecule has 1 aliphatic rings. The number of anilines is 1. The van der Waals surface area contributed by atoms with E-state index in [2.05, 4.69) is 17.6 Å². The van der Waals surface area contributed by atoms with E-state index in [0.29, 0.717) is 6.54 Å². The minimum Gasteiger partial charge on any atom is -0.374 e. The van der Waals surface area contributed by atoms with Gasteiger partial charge in [0.15, 0.2) is 0 Å². The molecule has 1 aromatic carbocycles. The third-order valence-corrected chi connectivity index (χ3v) is 3.80. The maximum absolute atomic E-state index is 12.1. The average molecular weight is 276 g/mol. The van der Waals surface area contributed by atoms with E-state index in [1.165, 1.54) is 5.56 Å². The molecule has 2 N–H and O–H groups in total. The van der Waals surface area contributed by atoms with Crippen LogP contribution in [0.1, 0.15) is 32.3 Å². The van der Waals surface area contributed by atoms with Gasteiger partial charge in [0.25, 0.3) is 0 Å². The lowest BCUT2D eigenvalue weighted by Gasteiger charge is -2.25. The molecule has 1 amide bonds. The number of rotatable bonds is 5. The quantitative estimate of drug-likeness (QED) is 0.868. The van der Waals surface area contributed by atoms with Crippen molar-refractivity contribution in [3.05, 3.63) is 29.8 Å². The number of hydrogen-bond acceptors (Lipinski definition) is 3. The predicted molar refractivity (Wildman–Crippen MR) is 80.9 cm³/mol. The van der Waals surface area contributed by atoms with Gasteiger partial charge in [-0.25, -0.2) is 0 Å². The molecule has 0 aliphatic carbocycles. The van der Waals surface area contributed by atoms with Crippen molar-refractivity contribution in [2.75, 3.05) is 18.5 Å². The molecule has 1 saturated heterocycles. The van der Waals surface area contributed by atoms with Crippen LogP contribution in [0.5, 0.6) is 0 Å². The Morgan fingerprint density at radius 3 is 2.70 bits per heavy atom. The molecular formula is C16H24N2O2. The largest absolute Gasteiger partial charge is 0.374 e. The van der Waals surface area contributed by atoms with Crippen LogP contribution >= 0.6 is 0 Å². The maximum Gasteiger partial charge on any atom is 0.241 e. The van der Waals surface area contributed by atoms with Crippen LogP contribution in [0.3, 0.4) is 0 Å². The Bertz CT molecular complexity index is 450. The molecule has 4 nitrogen and oxygen atoms in total. The summed E-state index contributed by atoms with van der Waals surface area (Å²) in [6, 6.07) is 7.57. The highest BCUT2D eigenvalue weighted by Gasteiger charge is 2.30. The lowest BCUT2D eigenvalue weighted by Crippen LogP contribution is -2.45. The van der Waals surface area contributed by atoms with E-state index in [1.54, 1.807) is 0 Å². The number of nitrogens with one attached hydrogen (secondary N) is 2. The Hall–Kier alpha value is -1.39. The summed E-state index contributed by atoms with van der Waals surface area (Å²) < 4.78 is 5.71. The summed E-state index contributed by atoms with van der Waals surface area (Å²) in [5.74, 6) is -0.0181. The number of benzene rings is 1. The van der Waals surface area contributed by atoms with Gasteiger partial charge in [0, 0.05) is 18.8 Å². The summed E-state index contributed by atoms with van der Waals surface area (Å²) in [6.45, 7) is 7.52. The number of amides is 1. The van der Waals surface area contributed by atoms with Gasteiger partial charge in [-0.3, -0.25) is 4.79 Å².